The summed E-state index contributed by atoms with van der Waals surface area (Å²) in [6, 6.07) is 2.49. The highest BCUT2D eigenvalue weighted by atomic mass is 16.6. The number of nitrogens with zero attached hydrogens (tertiary/aromatic N) is 2. The van der Waals surface area contributed by atoms with E-state index >= 15 is 0 Å². The van der Waals surface area contributed by atoms with Gasteiger partial charge in [-0.15, -0.1) is 0 Å². The van der Waals surface area contributed by atoms with Crippen LogP contribution in [0.4, 0.5) is 11.4 Å². The third-order valence-electron chi connectivity index (χ3n) is 2.74. The van der Waals surface area contributed by atoms with Crippen molar-refractivity contribution >= 4 is 23.1 Å². The van der Waals surface area contributed by atoms with Gasteiger partial charge in [0.25, 0.3) is 11.6 Å². The van der Waals surface area contributed by atoms with E-state index in [0.717, 1.165) is 0 Å². The van der Waals surface area contributed by atoms with E-state index in [0.29, 0.717) is 5.69 Å². The van der Waals surface area contributed by atoms with Crippen LogP contribution in [0.25, 0.3) is 0 Å². The number of fused-ring (bicyclic) bond motifs is 1. The molecular formula is C11H10N2O5. The molecule has 0 radical (unpaired) electrons. The van der Waals surface area contributed by atoms with E-state index in [2.05, 4.69) is 0 Å². The predicted octanol–water partition coefficient (Wildman–Crippen LogP) is 1.15. The Morgan fingerprint density at radius 1 is 1.50 bits per heavy atom. The topological polar surface area (TPSA) is 89.7 Å². The van der Waals surface area contributed by atoms with Crippen molar-refractivity contribution in [1.29, 1.82) is 0 Å². The summed E-state index contributed by atoms with van der Waals surface area (Å²) in [6.45, 7) is 1.07. The smallest absolute Gasteiger partial charge is 0.284 e. The molecule has 0 bridgehead atoms. The first-order chi connectivity index (χ1) is 8.41. The molecule has 94 valence electrons. The van der Waals surface area contributed by atoms with E-state index in [1.807, 2.05) is 0 Å². The number of anilines is 1. The van der Waals surface area contributed by atoms with Crippen molar-refractivity contribution in [3.63, 3.8) is 0 Å². The molecule has 1 aliphatic rings. The monoisotopic (exact) mass is 250 g/mol. The van der Waals surface area contributed by atoms with Gasteiger partial charge in [0.2, 0.25) is 0 Å². The Balaban J connectivity index is 2.65. The van der Waals surface area contributed by atoms with E-state index in [1.165, 1.54) is 31.0 Å². The zero-order valence-electron chi connectivity index (χ0n) is 9.80. The summed E-state index contributed by atoms with van der Waals surface area (Å²) in [7, 11) is 1.53. The van der Waals surface area contributed by atoms with Crippen molar-refractivity contribution in [3.8, 4) is 5.75 Å². The third kappa shape index (κ3) is 1.79. The standard InChI is InChI=1S/C11H10N2O5/c1-6(14)7-3-9-10(4-8(7)13(16)17)18-5-11(15)12(9)2/h3-4H,5H2,1-2H3. The quantitative estimate of drug-likeness (QED) is 0.446. The Morgan fingerprint density at radius 2 is 2.17 bits per heavy atom. The molecule has 0 spiro atoms. The van der Waals surface area contributed by atoms with Crippen LogP contribution in [0.5, 0.6) is 5.75 Å². The largest absolute Gasteiger partial charge is 0.481 e. The molecule has 0 fully saturated rings. The van der Waals surface area contributed by atoms with Gasteiger partial charge in [0.15, 0.2) is 18.1 Å². The SMILES string of the molecule is CC(=O)c1cc2c(cc1[N+](=O)[O-])OCC(=O)N2C. The van der Waals surface area contributed by atoms with E-state index < -0.39 is 10.7 Å². The number of amides is 1. The lowest BCUT2D eigenvalue weighted by Gasteiger charge is -2.26. The molecule has 1 amide bonds. The van der Waals surface area contributed by atoms with E-state index in [4.69, 9.17) is 4.74 Å². The molecule has 0 saturated heterocycles. The molecule has 0 aliphatic carbocycles. The summed E-state index contributed by atoms with van der Waals surface area (Å²) in [4.78, 5) is 34.4. The first-order valence-corrected chi connectivity index (χ1v) is 5.14. The van der Waals surface area contributed by atoms with Gasteiger partial charge in [0, 0.05) is 7.05 Å². The molecule has 1 aliphatic heterocycles. The number of likely N-dealkylation sites (N-methyl/N-ethyl adjacent to an activating group) is 1. The van der Waals surface area contributed by atoms with E-state index in [-0.39, 0.29) is 29.5 Å². The van der Waals surface area contributed by atoms with Crippen LogP contribution in [-0.2, 0) is 4.79 Å². The Morgan fingerprint density at radius 3 is 2.72 bits per heavy atom. The second-order valence-electron chi connectivity index (χ2n) is 3.89. The van der Waals surface area contributed by atoms with Crippen LogP contribution < -0.4 is 9.64 Å². The zero-order valence-corrected chi connectivity index (χ0v) is 9.80. The first kappa shape index (κ1) is 12.0. The van der Waals surface area contributed by atoms with Gasteiger partial charge in [-0.25, -0.2) is 0 Å². The molecule has 0 unspecified atom stereocenters. The number of carbonyl (C=O) groups excluding carboxylic acids is 2. The Hall–Kier alpha value is -2.44. The molecule has 18 heavy (non-hydrogen) atoms. The van der Waals surface area contributed by atoms with Crippen LogP contribution in [0.2, 0.25) is 0 Å². The summed E-state index contributed by atoms with van der Waals surface area (Å²) < 4.78 is 5.12. The van der Waals surface area contributed by atoms with Gasteiger partial charge >= 0.3 is 0 Å². The van der Waals surface area contributed by atoms with Gasteiger partial charge in [-0.2, -0.15) is 0 Å². The predicted molar refractivity (Wildman–Crippen MR) is 62.0 cm³/mol. The molecule has 1 aromatic rings. The van der Waals surface area contributed by atoms with Crippen LogP contribution in [0.3, 0.4) is 0 Å². The summed E-state index contributed by atoms with van der Waals surface area (Å²) >= 11 is 0. The van der Waals surface area contributed by atoms with Crippen LogP contribution in [0.15, 0.2) is 12.1 Å². The molecule has 1 aromatic carbocycles. The van der Waals surface area contributed by atoms with Crippen LogP contribution in [-0.4, -0.2) is 30.3 Å². The highest BCUT2D eigenvalue weighted by Gasteiger charge is 2.28. The highest BCUT2D eigenvalue weighted by Crippen LogP contribution is 2.37. The number of ether oxygens (including phenoxy) is 1. The molecule has 7 heteroatoms. The summed E-state index contributed by atoms with van der Waals surface area (Å²) in [6.07, 6.45) is 0. The lowest BCUT2D eigenvalue weighted by molar-refractivity contribution is -0.385. The average Bonchev–Trinajstić information content (AvgIpc) is 2.32. The number of hydrogen-bond donors (Lipinski definition) is 0. The number of Topliss-reactive ketones (excluding diaryl/α,β-unsaturated/α-hetero) is 1. The van der Waals surface area contributed by atoms with Gasteiger partial charge in [-0.05, 0) is 13.0 Å². The van der Waals surface area contributed by atoms with Crippen molar-refractivity contribution in [1.82, 2.24) is 0 Å². The van der Waals surface area contributed by atoms with Crippen molar-refractivity contribution in [2.75, 3.05) is 18.6 Å². The molecule has 2 rings (SSSR count). The minimum atomic E-state index is -0.642. The third-order valence-corrected chi connectivity index (χ3v) is 2.74. The van der Waals surface area contributed by atoms with Gasteiger partial charge < -0.3 is 9.64 Å². The van der Waals surface area contributed by atoms with Gasteiger partial charge in [-0.1, -0.05) is 0 Å². The Bertz CT molecular complexity index is 567. The van der Waals surface area contributed by atoms with Crippen molar-refractivity contribution in [2.24, 2.45) is 0 Å². The summed E-state index contributed by atoms with van der Waals surface area (Å²) in [5, 5.41) is 10.9. The van der Waals surface area contributed by atoms with Crippen molar-refractivity contribution in [2.45, 2.75) is 6.92 Å². The van der Waals surface area contributed by atoms with Crippen molar-refractivity contribution in [3.05, 3.63) is 27.8 Å². The summed E-state index contributed by atoms with van der Waals surface area (Å²) in [5.74, 6) is -0.476. The molecule has 7 nitrogen and oxygen atoms in total. The van der Waals surface area contributed by atoms with Gasteiger partial charge in [0.1, 0.15) is 0 Å². The minimum Gasteiger partial charge on any atom is -0.481 e. The fourth-order valence-electron chi connectivity index (χ4n) is 1.74. The van der Waals surface area contributed by atoms with Crippen LogP contribution >= 0.6 is 0 Å². The minimum absolute atomic E-state index is 0.0381. The Labute approximate surface area is 102 Å². The highest BCUT2D eigenvalue weighted by molar-refractivity contribution is 6.03. The number of rotatable bonds is 2. The van der Waals surface area contributed by atoms with Crippen LogP contribution in [0, 0.1) is 10.1 Å². The van der Waals surface area contributed by atoms with Crippen molar-refractivity contribution < 1.29 is 19.2 Å². The molecule has 0 N–H and O–H groups in total. The maximum absolute atomic E-state index is 11.4. The molecule has 0 atom stereocenters. The maximum Gasteiger partial charge on any atom is 0.284 e. The van der Waals surface area contributed by atoms with Gasteiger partial charge in [0.05, 0.1) is 22.2 Å². The number of hydrogen-bond acceptors (Lipinski definition) is 5. The fraction of sp³-hybridized carbons (Fsp3) is 0.273. The number of benzene rings is 1. The second-order valence-corrected chi connectivity index (χ2v) is 3.89. The summed E-state index contributed by atoms with van der Waals surface area (Å²) in [5.41, 5.74) is 0.00921. The molecular weight excluding hydrogens is 240 g/mol. The maximum atomic E-state index is 11.4. The average molecular weight is 250 g/mol. The van der Waals surface area contributed by atoms with E-state index in [9.17, 15) is 19.7 Å². The number of ketones is 1. The molecule has 1 heterocycles. The fourth-order valence-corrected chi connectivity index (χ4v) is 1.74. The molecule has 0 saturated carbocycles. The Kier molecular flexibility index (Phi) is 2.74. The normalized spacial score (nSPS) is 13.9. The first-order valence-electron chi connectivity index (χ1n) is 5.14. The number of carbonyl (C=O) groups is 2. The lowest BCUT2D eigenvalue weighted by Crippen LogP contribution is -2.35. The zero-order chi connectivity index (χ0) is 13.4. The number of nitro groups is 1. The number of nitro benzene ring substituents is 1. The van der Waals surface area contributed by atoms with Gasteiger partial charge in [-0.3, -0.25) is 19.7 Å². The second kappa shape index (κ2) is 4.10. The lowest BCUT2D eigenvalue weighted by atomic mass is 10.1. The van der Waals surface area contributed by atoms with E-state index in [1.54, 1.807) is 0 Å². The van der Waals surface area contributed by atoms with Crippen LogP contribution in [0.1, 0.15) is 17.3 Å². The molecule has 0 aromatic heterocycles.